The second-order valence-corrected chi connectivity index (χ2v) is 8.39. The number of aliphatic carboxylic acids is 1. The van der Waals surface area contributed by atoms with E-state index in [4.69, 9.17) is 14.8 Å². The van der Waals surface area contributed by atoms with Crippen LogP contribution in [0.4, 0.5) is 5.82 Å². The normalized spacial score (nSPS) is 14.5. The summed E-state index contributed by atoms with van der Waals surface area (Å²) < 4.78 is 5.46. The Morgan fingerprint density at radius 2 is 1.97 bits per heavy atom. The van der Waals surface area contributed by atoms with Gasteiger partial charge in [0.2, 0.25) is 5.91 Å². The SMILES string of the molecule is COc1cccc2ccc(NC(CC(C)C)C3=CC=C(C(=O)NCCC(=O)O)CC3)nc12. The van der Waals surface area contributed by atoms with E-state index in [1.807, 2.05) is 42.5 Å². The van der Waals surface area contributed by atoms with Crippen molar-refractivity contribution in [3.63, 3.8) is 0 Å². The number of amides is 1. The number of nitrogens with one attached hydrogen (secondary N) is 2. The van der Waals surface area contributed by atoms with Crippen LogP contribution in [0.2, 0.25) is 0 Å². The predicted molar refractivity (Wildman–Crippen MR) is 126 cm³/mol. The van der Waals surface area contributed by atoms with Crippen LogP contribution in [0, 0.1) is 5.92 Å². The van der Waals surface area contributed by atoms with Crippen molar-refractivity contribution >= 4 is 28.6 Å². The molecule has 1 atom stereocenters. The average molecular weight is 438 g/mol. The first-order valence-corrected chi connectivity index (χ1v) is 11.0. The third-order valence-electron chi connectivity index (χ3n) is 5.48. The van der Waals surface area contributed by atoms with Crippen molar-refractivity contribution in [1.82, 2.24) is 10.3 Å². The molecule has 1 aliphatic rings. The van der Waals surface area contributed by atoms with Gasteiger partial charge in [-0.15, -0.1) is 0 Å². The van der Waals surface area contributed by atoms with Gasteiger partial charge in [0.1, 0.15) is 17.1 Å². The van der Waals surface area contributed by atoms with Crippen molar-refractivity contribution in [1.29, 1.82) is 0 Å². The Kier molecular flexibility index (Phi) is 7.87. The number of fused-ring (bicyclic) bond motifs is 1. The van der Waals surface area contributed by atoms with E-state index >= 15 is 0 Å². The number of ether oxygens (including phenoxy) is 1. The van der Waals surface area contributed by atoms with Gasteiger partial charge in [0.15, 0.2) is 0 Å². The van der Waals surface area contributed by atoms with Crippen molar-refractivity contribution in [2.75, 3.05) is 19.0 Å². The molecule has 0 radical (unpaired) electrons. The van der Waals surface area contributed by atoms with Crippen LogP contribution in [0.15, 0.2) is 53.6 Å². The number of carbonyl (C=O) groups excluding carboxylic acids is 1. The van der Waals surface area contributed by atoms with Gasteiger partial charge in [0.25, 0.3) is 0 Å². The number of hydrogen-bond acceptors (Lipinski definition) is 5. The first kappa shape index (κ1) is 23.3. The topological polar surface area (TPSA) is 101 Å². The highest BCUT2D eigenvalue weighted by Gasteiger charge is 2.21. The number of hydrogen-bond donors (Lipinski definition) is 3. The Labute approximate surface area is 188 Å². The monoisotopic (exact) mass is 437 g/mol. The zero-order valence-electron chi connectivity index (χ0n) is 18.9. The average Bonchev–Trinajstić information content (AvgIpc) is 2.77. The maximum absolute atomic E-state index is 12.3. The fraction of sp³-hybridized carbons (Fsp3) is 0.400. The number of pyridine rings is 1. The molecule has 7 nitrogen and oxygen atoms in total. The number of carbonyl (C=O) groups is 2. The number of carboxylic acids is 1. The minimum absolute atomic E-state index is 0.0793. The highest BCUT2D eigenvalue weighted by atomic mass is 16.5. The second kappa shape index (κ2) is 10.8. The zero-order chi connectivity index (χ0) is 23.1. The molecule has 0 fully saturated rings. The lowest BCUT2D eigenvalue weighted by atomic mass is 9.89. The molecule has 1 aliphatic carbocycles. The summed E-state index contributed by atoms with van der Waals surface area (Å²) in [5, 5.41) is 16.0. The van der Waals surface area contributed by atoms with Crippen LogP contribution in [-0.4, -0.2) is 41.7 Å². The number of nitrogens with zero attached hydrogens (tertiary/aromatic N) is 1. The van der Waals surface area contributed by atoms with Gasteiger partial charge < -0.3 is 20.5 Å². The first-order chi connectivity index (χ1) is 15.4. The first-order valence-electron chi connectivity index (χ1n) is 11.0. The van der Waals surface area contributed by atoms with Crippen molar-refractivity contribution < 1.29 is 19.4 Å². The third-order valence-corrected chi connectivity index (χ3v) is 5.48. The molecule has 1 aromatic heterocycles. The maximum atomic E-state index is 12.3. The van der Waals surface area contributed by atoms with Crippen molar-refractivity contribution in [3.8, 4) is 5.75 Å². The standard InChI is InChI=1S/C25H31N3O4/c1-16(2)15-20(17-7-9-19(10-8-17)25(31)26-14-13-23(29)30)27-22-12-11-18-5-4-6-21(32-3)24(18)28-22/h4-7,9,11-12,16,20H,8,10,13-15H2,1-3H3,(H,26,31)(H,27,28)(H,29,30). The highest BCUT2D eigenvalue weighted by Crippen LogP contribution is 2.29. The molecule has 0 saturated heterocycles. The van der Waals surface area contributed by atoms with E-state index in [1.54, 1.807) is 7.11 Å². The molecule has 7 heteroatoms. The molecule has 1 aromatic carbocycles. The lowest BCUT2D eigenvalue weighted by molar-refractivity contribution is -0.136. The fourth-order valence-electron chi connectivity index (χ4n) is 3.85. The zero-order valence-corrected chi connectivity index (χ0v) is 18.9. The molecule has 170 valence electrons. The number of aromatic nitrogens is 1. The van der Waals surface area contributed by atoms with Crippen molar-refractivity contribution in [2.24, 2.45) is 5.92 Å². The van der Waals surface area contributed by atoms with Crippen LogP contribution in [0.5, 0.6) is 5.75 Å². The summed E-state index contributed by atoms with van der Waals surface area (Å²) >= 11 is 0. The van der Waals surface area contributed by atoms with Gasteiger partial charge in [-0.2, -0.15) is 0 Å². The summed E-state index contributed by atoms with van der Waals surface area (Å²) in [6, 6.07) is 9.98. The van der Waals surface area contributed by atoms with Crippen molar-refractivity contribution in [3.05, 3.63) is 53.6 Å². The molecular formula is C25H31N3O4. The molecule has 0 aliphatic heterocycles. The summed E-state index contributed by atoms with van der Waals surface area (Å²) in [6.45, 7) is 4.51. The Morgan fingerprint density at radius 3 is 2.62 bits per heavy atom. The van der Waals surface area contributed by atoms with Gasteiger partial charge in [-0.05, 0) is 49.0 Å². The molecule has 0 saturated carbocycles. The van der Waals surface area contributed by atoms with Gasteiger partial charge >= 0.3 is 5.97 Å². The maximum Gasteiger partial charge on any atom is 0.305 e. The van der Waals surface area contributed by atoms with E-state index in [9.17, 15) is 9.59 Å². The smallest absolute Gasteiger partial charge is 0.305 e. The Balaban J connectivity index is 1.76. The van der Waals surface area contributed by atoms with Gasteiger partial charge in [-0.1, -0.05) is 38.1 Å². The number of anilines is 1. The van der Waals surface area contributed by atoms with Gasteiger partial charge in [-0.25, -0.2) is 4.98 Å². The fourth-order valence-corrected chi connectivity index (χ4v) is 3.85. The molecule has 32 heavy (non-hydrogen) atoms. The van der Waals surface area contributed by atoms with Gasteiger partial charge in [0, 0.05) is 23.5 Å². The molecule has 3 N–H and O–H groups in total. The number of para-hydroxylation sites is 1. The van der Waals surface area contributed by atoms with Gasteiger partial charge in [0.05, 0.1) is 13.5 Å². The summed E-state index contributed by atoms with van der Waals surface area (Å²) in [5.74, 6) is 0.888. The molecule has 1 amide bonds. The number of methoxy groups -OCH3 is 1. The Bertz CT molecular complexity index is 1040. The lowest BCUT2D eigenvalue weighted by Gasteiger charge is -2.26. The molecule has 1 unspecified atom stereocenters. The quantitative estimate of drug-likeness (QED) is 0.512. The number of benzene rings is 1. The highest BCUT2D eigenvalue weighted by molar-refractivity contribution is 5.94. The van der Waals surface area contributed by atoms with Crippen LogP contribution in [0.25, 0.3) is 10.9 Å². The van der Waals surface area contributed by atoms with E-state index in [2.05, 4.69) is 24.5 Å². The Morgan fingerprint density at radius 1 is 1.16 bits per heavy atom. The van der Waals surface area contributed by atoms with E-state index in [0.717, 1.165) is 35.3 Å². The van der Waals surface area contributed by atoms with Crippen LogP contribution < -0.4 is 15.4 Å². The lowest BCUT2D eigenvalue weighted by Crippen LogP contribution is -2.29. The van der Waals surface area contributed by atoms with E-state index in [-0.39, 0.29) is 24.9 Å². The molecule has 1 heterocycles. The van der Waals surface area contributed by atoms with Crippen molar-refractivity contribution in [2.45, 2.75) is 45.6 Å². The largest absolute Gasteiger partial charge is 0.494 e. The summed E-state index contributed by atoms with van der Waals surface area (Å²) in [4.78, 5) is 27.7. The van der Waals surface area contributed by atoms with Crippen LogP contribution in [-0.2, 0) is 9.59 Å². The number of rotatable bonds is 10. The molecule has 3 rings (SSSR count). The van der Waals surface area contributed by atoms with Crippen LogP contribution in [0.1, 0.15) is 39.5 Å². The summed E-state index contributed by atoms with van der Waals surface area (Å²) in [5.41, 5.74) is 2.72. The van der Waals surface area contributed by atoms with E-state index < -0.39 is 5.97 Å². The van der Waals surface area contributed by atoms with E-state index in [1.165, 1.54) is 5.57 Å². The third kappa shape index (κ3) is 6.09. The van der Waals surface area contributed by atoms with Crippen LogP contribution >= 0.6 is 0 Å². The minimum atomic E-state index is -0.923. The molecule has 0 spiro atoms. The number of carboxylic acid groups (broad SMARTS) is 1. The van der Waals surface area contributed by atoms with Crippen LogP contribution in [0.3, 0.4) is 0 Å². The minimum Gasteiger partial charge on any atom is -0.494 e. The second-order valence-electron chi connectivity index (χ2n) is 8.39. The summed E-state index contributed by atoms with van der Waals surface area (Å²) in [6.07, 6.45) is 6.10. The summed E-state index contributed by atoms with van der Waals surface area (Å²) in [7, 11) is 1.65. The van der Waals surface area contributed by atoms with E-state index in [0.29, 0.717) is 17.9 Å². The predicted octanol–water partition coefficient (Wildman–Crippen LogP) is 4.31. The molecule has 2 aromatic rings. The Hall–Kier alpha value is -3.35. The molecule has 0 bridgehead atoms. The molecular weight excluding hydrogens is 406 g/mol. The van der Waals surface area contributed by atoms with Gasteiger partial charge in [-0.3, -0.25) is 9.59 Å². The number of allylic oxidation sites excluding steroid dienone is 2.